The second-order valence-electron chi connectivity index (χ2n) is 9.36. The number of hydrogen-bond donors (Lipinski definition) is 5. The first-order valence-corrected chi connectivity index (χ1v) is 12.1. The molecular weight excluding hydrogens is 462 g/mol. The average Bonchev–Trinajstić information content (AvgIpc) is 2.77. The van der Waals surface area contributed by atoms with Crippen LogP contribution < -0.4 is 5.32 Å². The van der Waals surface area contributed by atoms with Gasteiger partial charge in [-0.3, -0.25) is 19.2 Å². The lowest BCUT2D eigenvalue weighted by molar-refractivity contribution is -0.142. The first kappa shape index (κ1) is 30.8. The molecule has 0 aromatic heterocycles. The number of carbonyl (C=O) groups is 4. The Labute approximate surface area is 206 Å². The van der Waals surface area contributed by atoms with Crippen molar-refractivity contribution in [1.29, 1.82) is 0 Å². The maximum atomic E-state index is 13.3. The minimum Gasteiger partial charge on any atom is -0.481 e. The maximum Gasteiger partial charge on any atom is 0.303 e. The fraction of sp³-hybridized carbons (Fsp3) is 0.826. The fourth-order valence-electron chi connectivity index (χ4n) is 3.76. The normalized spacial score (nSPS) is 23.9. The average molecular weight is 504 g/mol. The second-order valence-corrected chi connectivity index (χ2v) is 9.36. The van der Waals surface area contributed by atoms with E-state index in [1.54, 1.807) is 0 Å². The third-order valence-corrected chi connectivity index (χ3v) is 5.66. The molecule has 0 bridgehead atoms. The summed E-state index contributed by atoms with van der Waals surface area (Å²) in [6.07, 6.45) is -3.40. The SMILES string of the molecule is CC(=O)N[C@@H](CCC(=O)O)C(=O)N1CCCCOC[C@@H](O)[C@H](O)[C@@H](O)CN(C(=O)CC(C)C)CC1. The van der Waals surface area contributed by atoms with Crippen molar-refractivity contribution in [2.75, 3.05) is 39.4 Å². The van der Waals surface area contributed by atoms with Crippen LogP contribution in [0.1, 0.15) is 52.9 Å². The summed E-state index contributed by atoms with van der Waals surface area (Å²) in [4.78, 5) is 51.6. The smallest absolute Gasteiger partial charge is 0.303 e. The van der Waals surface area contributed by atoms with Crippen LogP contribution in [0.25, 0.3) is 0 Å². The molecule has 1 fully saturated rings. The molecule has 0 radical (unpaired) electrons. The minimum atomic E-state index is -1.52. The Hall–Kier alpha value is -2.28. The van der Waals surface area contributed by atoms with Crippen molar-refractivity contribution in [3.8, 4) is 0 Å². The van der Waals surface area contributed by atoms with Gasteiger partial charge in [-0.25, -0.2) is 0 Å². The lowest BCUT2D eigenvalue weighted by atomic mass is 10.1. The van der Waals surface area contributed by atoms with Gasteiger partial charge < -0.3 is 40.3 Å². The van der Waals surface area contributed by atoms with Crippen LogP contribution in [0.5, 0.6) is 0 Å². The predicted octanol–water partition coefficient (Wildman–Crippen LogP) is -1.05. The van der Waals surface area contributed by atoms with E-state index in [1.807, 2.05) is 13.8 Å². The monoisotopic (exact) mass is 503 g/mol. The molecule has 4 atom stereocenters. The zero-order chi connectivity index (χ0) is 26.5. The number of hydrogen-bond acceptors (Lipinski definition) is 8. The number of nitrogens with one attached hydrogen (secondary N) is 1. The summed E-state index contributed by atoms with van der Waals surface area (Å²) in [7, 11) is 0. The van der Waals surface area contributed by atoms with Gasteiger partial charge in [0.2, 0.25) is 17.7 Å². The van der Waals surface area contributed by atoms with Crippen molar-refractivity contribution in [2.45, 2.75) is 77.2 Å². The highest BCUT2D eigenvalue weighted by Crippen LogP contribution is 2.12. The van der Waals surface area contributed by atoms with Gasteiger partial charge in [0.15, 0.2) is 0 Å². The number of ether oxygens (including phenoxy) is 1. The van der Waals surface area contributed by atoms with E-state index in [0.29, 0.717) is 12.8 Å². The Balaban J connectivity index is 3.12. The van der Waals surface area contributed by atoms with Gasteiger partial charge in [0.25, 0.3) is 0 Å². The number of nitrogens with zero attached hydrogens (tertiary/aromatic N) is 2. The van der Waals surface area contributed by atoms with E-state index in [-0.39, 0.29) is 70.5 Å². The number of β-amino-alcohol motifs (C(OH)–C–C–N with tert-alkyl or cyclic N) is 1. The Kier molecular flexibility index (Phi) is 13.8. The molecule has 0 spiro atoms. The predicted molar refractivity (Wildman–Crippen MR) is 125 cm³/mol. The lowest BCUT2D eigenvalue weighted by Crippen LogP contribution is -2.52. The Bertz CT molecular complexity index is 704. The summed E-state index contributed by atoms with van der Waals surface area (Å²) < 4.78 is 5.37. The number of carbonyl (C=O) groups excluding carboxylic acids is 3. The molecule has 12 nitrogen and oxygen atoms in total. The van der Waals surface area contributed by atoms with Gasteiger partial charge in [0.05, 0.1) is 6.61 Å². The zero-order valence-corrected chi connectivity index (χ0v) is 20.9. The number of rotatable bonds is 7. The highest BCUT2D eigenvalue weighted by molar-refractivity contribution is 5.87. The number of aliphatic carboxylic acids is 1. The molecule has 0 aromatic carbocycles. The van der Waals surface area contributed by atoms with Gasteiger partial charge in [0, 0.05) is 52.6 Å². The quantitative estimate of drug-likeness (QED) is 0.290. The molecule has 1 aliphatic rings. The molecule has 1 aliphatic heterocycles. The molecular formula is C23H41N3O9. The van der Waals surface area contributed by atoms with E-state index in [4.69, 9.17) is 9.84 Å². The van der Waals surface area contributed by atoms with Gasteiger partial charge >= 0.3 is 5.97 Å². The molecule has 35 heavy (non-hydrogen) atoms. The molecule has 0 unspecified atom stereocenters. The maximum absolute atomic E-state index is 13.3. The van der Waals surface area contributed by atoms with Crippen LogP contribution in [0.3, 0.4) is 0 Å². The van der Waals surface area contributed by atoms with Crippen LogP contribution in [-0.4, -0.2) is 118 Å². The molecule has 1 saturated heterocycles. The molecule has 0 aliphatic carbocycles. The van der Waals surface area contributed by atoms with E-state index in [9.17, 15) is 34.5 Å². The number of carboxylic acids is 1. The molecule has 5 N–H and O–H groups in total. The molecule has 0 aromatic rings. The minimum absolute atomic E-state index is 0.0366. The summed E-state index contributed by atoms with van der Waals surface area (Å²) in [5.74, 6) is -2.25. The van der Waals surface area contributed by atoms with Crippen LogP contribution in [-0.2, 0) is 23.9 Å². The largest absolute Gasteiger partial charge is 0.481 e. The van der Waals surface area contributed by atoms with Gasteiger partial charge in [-0.2, -0.15) is 0 Å². The Morgan fingerprint density at radius 3 is 2.26 bits per heavy atom. The van der Waals surface area contributed by atoms with E-state index >= 15 is 0 Å². The van der Waals surface area contributed by atoms with Crippen LogP contribution in [0.15, 0.2) is 0 Å². The van der Waals surface area contributed by atoms with Crippen LogP contribution in [0.4, 0.5) is 0 Å². The Morgan fingerprint density at radius 2 is 1.66 bits per heavy atom. The number of aliphatic hydroxyl groups is 3. The highest BCUT2D eigenvalue weighted by atomic mass is 16.5. The molecule has 1 rings (SSSR count). The third-order valence-electron chi connectivity index (χ3n) is 5.66. The lowest BCUT2D eigenvalue weighted by Gasteiger charge is -2.33. The van der Waals surface area contributed by atoms with E-state index < -0.39 is 42.1 Å². The van der Waals surface area contributed by atoms with Crippen LogP contribution in [0.2, 0.25) is 0 Å². The van der Waals surface area contributed by atoms with Gasteiger partial charge in [-0.05, 0) is 25.2 Å². The third kappa shape index (κ3) is 11.8. The van der Waals surface area contributed by atoms with Crippen molar-refractivity contribution in [3.63, 3.8) is 0 Å². The fourth-order valence-corrected chi connectivity index (χ4v) is 3.76. The summed E-state index contributed by atoms with van der Waals surface area (Å²) in [6, 6.07) is -1.03. The van der Waals surface area contributed by atoms with E-state index in [2.05, 4.69) is 5.32 Å². The standard InChI is InChI=1S/C23H41N3O9/c1-15(2)12-20(30)26-10-9-25(23(34)17(24-16(3)27)6-7-21(31)32)8-4-5-11-35-14-19(29)22(33)18(28)13-26/h15,17-19,22,28-29,33H,4-14H2,1-3H3,(H,24,27)(H,31,32)/t17-,18-,19+,22+/m0/s1. The zero-order valence-electron chi connectivity index (χ0n) is 20.9. The molecule has 3 amide bonds. The van der Waals surface area contributed by atoms with Crippen molar-refractivity contribution >= 4 is 23.7 Å². The highest BCUT2D eigenvalue weighted by Gasteiger charge is 2.30. The van der Waals surface area contributed by atoms with Gasteiger partial charge in [0.1, 0.15) is 24.4 Å². The van der Waals surface area contributed by atoms with E-state index in [0.717, 1.165) is 0 Å². The van der Waals surface area contributed by atoms with Crippen LogP contribution in [0, 0.1) is 5.92 Å². The van der Waals surface area contributed by atoms with Gasteiger partial charge in [-0.1, -0.05) is 13.8 Å². The summed E-state index contributed by atoms with van der Waals surface area (Å²) >= 11 is 0. The first-order valence-electron chi connectivity index (χ1n) is 12.1. The molecule has 202 valence electrons. The van der Waals surface area contributed by atoms with Crippen molar-refractivity contribution in [1.82, 2.24) is 15.1 Å². The van der Waals surface area contributed by atoms with E-state index in [1.165, 1.54) is 16.7 Å². The number of aliphatic hydroxyl groups excluding tert-OH is 3. The van der Waals surface area contributed by atoms with Crippen molar-refractivity contribution in [2.24, 2.45) is 5.92 Å². The topological polar surface area (TPSA) is 177 Å². The summed E-state index contributed by atoms with van der Waals surface area (Å²) in [5.41, 5.74) is 0. The van der Waals surface area contributed by atoms with Gasteiger partial charge in [-0.15, -0.1) is 0 Å². The van der Waals surface area contributed by atoms with Crippen LogP contribution >= 0.6 is 0 Å². The molecule has 1 heterocycles. The van der Waals surface area contributed by atoms with Crippen molar-refractivity contribution in [3.05, 3.63) is 0 Å². The molecule has 0 saturated carbocycles. The Morgan fingerprint density at radius 1 is 1.00 bits per heavy atom. The molecule has 12 heteroatoms. The summed E-state index contributed by atoms with van der Waals surface area (Å²) in [6.45, 7) is 5.21. The number of carboxylic acid groups (broad SMARTS) is 1. The van der Waals surface area contributed by atoms with Crippen molar-refractivity contribution < 1.29 is 44.3 Å². The first-order chi connectivity index (χ1) is 16.4. The number of amides is 3. The second kappa shape index (κ2) is 15.7. The summed E-state index contributed by atoms with van der Waals surface area (Å²) in [5, 5.41) is 42.4.